The highest BCUT2D eigenvalue weighted by Gasteiger charge is 2.22. The van der Waals surface area contributed by atoms with E-state index in [1.807, 2.05) is 23.1 Å². The number of thiol groups is 1. The van der Waals surface area contributed by atoms with E-state index in [4.69, 9.17) is 23.3 Å². The lowest BCUT2D eigenvalue weighted by atomic mass is 10.1. The summed E-state index contributed by atoms with van der Waals surface area (Å²) in [6, 6.07) is 14.6. The van der Waals surface area contributed by atoms with E-state index in [9.17, 15) is 14.9 Å². The molecule has 1 atom stereocenters. The van der Waals surface area contributed by atoms with Crippen LogP contribution in [0.15, 0.2) is 42.5 Å². The minimum absolute atomic E-state index is 0.0476. The summed E-state index contributed by atoms with van der Waals surface area (Å²) >= 11 is 4.73. The number of amides is 2. The molecule has 0 spiro atoms. The molecule has 1 aliphatic heterocycles. The van der Waals surface area contributed by atoms with Gasteiger partial charge in [0.2, 0.25) is 11.8 Å². The molecule has 3 aromatic rings. The molecule has 1 aromatic carbocycles. The van der Waals surface area contributed by atoms with Gasteiger partial charge >= 0.3 is 0 Å². The number of hydrogen-bond donors (Lipinski definition) is 3. The Labute approximate surface area is 227 Å². The molecule has 196 valence electrons. The lowest BCUT2D eigenvalue weighted by molar-refractivity contribution is -0.132. The molecular formula is C27H30N8O2S. The first kappa shape index (κ1) is 27.0. The van der Waals surface area contributed by atoms with E-state index >= 15 is 0 Å². The minimum atomic E-state index is -0.601. The Morgan fingerprint density at radius 1 is 1.11 bits per heavy atom. The van der Waals surface area contributed by atoms with Crippen LogP contribution in [0.5, 0.6) is 0 Å². The predicted octanol–water partition coefficient (Wildman–Crippen LogP) is 2.68. The van der Waals surface area contributed by atoms with Gasteiger partial charge in [-0.15, -0.1) is 0 Å². The van der Waals surface area contributed by atoms with Crippen molar-refractivity contribution in [2.75, 3.05) is 44.3 Å². The van der Waals surface area contributed by atoms with Crippen molar-refractivity contribution in [1.82, 2.24) is 24.8 Å². The molecule has 0 saturated carbocycles. The predicted molar refractivity (Wildman–Crippen MR) is 148 cm³/mol. The second kappa shape index (κ2) is 12.0. The number of nitriles is 1. The topological polar surface area (TPSA) is 141 Å². The molecule has 1 saturated heterocycles. The number of rotatable bonds is 7. The van der Waals surface area contributed by atoms with Crippen molar-refractivity contribution in [3.63, 3.8) is 0 Å². The molecule has 38 heavy (non-hydrogen) atoms. The van der Waals surface area contributed by atoms with Gasteiger partial charge in [0.15, 0.2) is 0 Å². The van der Waals surface area contributed by atoms with Crippen LogP contribution in [0.1, 0.15) is 41.4 Å². The van der Waals surface area contributed by atoms with Gasteiger partial charge in [-0.3, -0.25) is 14.6 Å². The number of piperazine rings is 1. The molecule has 0 bridgehead atoms. The number of anilines is 2. The van der Waals surface area contributed by atoms with Crippen molar-refractivity contribution in [3.8, 4) is 17.3 Å². The summed E-state index contributed by atoms with van der Waals surface area (Å²) in [6.07, 6.45) is 0.901. The Balaban J connectivity index is 1.53. The molecule has 10 nitrogen and oxygen atoms in total. The maximum Gasteiger partial charge on any atom is 0.223 e. The van der Waals surface area contributed by atoms with Crippen molar-refractivity contribution in [3.05, 3.63) is 65.2 Å². The Hall–Kier alpha value is -4.01. The van der Waals surface area contributed by atoms with Gasteiger partial charge in [-0.05, 0) is 37.7 Å². The van der Waals surface area contributed by atoms with Crippen LogP contribution < -0.4 is 11.1 Å². The van der Waals surface area contributed by atoms with Crippen molar-refractivity contribution in [1.29, 1.82) is 5.26 Å². The minimum Gasteiger partial charge on any atom is -0.382 e. The van der Waals surface area contributed by atoms with Gasteiger partial charge < -0.3 is 20.9 Å². The maximum atomic E-state index is 12.6. The van der Waals surface area contributed by atoms with E-state index < -0.39 is 5.25 Å². The summed E-state index contributed by atoms with van der Waals surface area (Å²) in [7, 11) is 2.06. The summed E-state index contributed by atoms with van der Waals surface area (Å²) in [5.41, 5.74) is 9.34. The number of likely N-dealkylation sites (N-methyl/N-ethyl adjacent to an activating group) is 1. The highest BCUT2D eigenvalue weighted by Crippen LogP contribution is 2.31. The van der Waals surface area contributed by atoms with E-state index in [1.54, 1.807) is 24.3 Å². The number of nitrogens with one attached hydrogen (secondary N) is 1. The lowest BCUT2D eigenvalue weighted by Crippen LogP contribution is -2.47. The Bertz CT molecular complexity index is 1360. The largest absolute Gasteiger partial charge is 0.382 e. The van der Waals surface area contributed by atoms with Crippen molar-refractivity contribution in [2.45, 2.75) is 25.0 Å². The van der Waals surface area contributed by atoms with E-state index in [2.05, 4.69) is 33.3 Å². The summed E-state index contributed by atoms with van der Waals surface area (Å²) in [5, 5.41) is 11.8. The first-order valence-corrected chi connectivity index (χ1v) is 12.8. The second-order valence-corrected chi connectivity index (χ2v) is 9.72. The molecule has 11 heteroatoms. The number of nitrogens with zero attached hydrogens (tertiary/aromatic N) is 6. The fraction of sp³-hybridized carbons (Fsp3) is 0.333. The zero-order valence-electron chi connectivity index (χ0n) is 21.4. The smallest absolute Gasteiger partial charge is 0.223 e. The molecule has 1 aliphatic rings. The zero-order chi connectivity index (χ0) is 27.2. The molecule has 2 aromatic heterocycles. The number of nitrogens with two attached hydrogens (primary N) is 1. The first-order chi connectivity index (χ1) is 18.2. The molecule has 2 amide bonds. The molecule has 1 unspecified atom stereocenters. The fourth-order valence-electron chi connectivity index (χ4n) is 4.22. The summed E-state index contributed by atoms with van der Waals surface area (Å²) in [4.78, 5) is 41.8. The number of pyridine rings is 1. The molecular weight excluding hydrogens is 500 g/mol. The Kier molecular flexibility index (Phi) is 8.55. The van der Waals surface area contributed by atoms with Crippen molar-refractivity contribution < 1.29 is 9.59 Å². The van der Waals surface area contributed by atoms with Gasteiger partial charge in [-0.25, -0.2) is 9.97 Å². The number of hydrogen-bond acceptors (Lipinski definition) is 9. The third-order valence-electron chi connectivity index (χ3n) is 6.35. The maximum absolute atomic E-state index is 12.6. The number of carbonyl (C=O) groups excluding carboxylic acids is 2. The van der Waals surface area contributed by atoms with Crippen LogP contribution in [0.4, 0.5) is 11.5 Å². The zero-order valence-corrected chi connectivity index (χ0v) is 22.3. The fourth-order valence-corrected chi connectivity index (χ4v) is 4.48. The average molecular weight is 531 g/mol. The highest BCUT2D eigenvalue weighted by molar-refractivity contribution is 7.80. The van der Waals surface area contributed by atoms with Crippen LogP contribution in [-0.4, -0.2) is 69.8 Å². The molecule has 3 heterocycles. The standard InChI is InChI=1S/C27H30N8O2S/c1-17(36)30-20-8-6-18(7-9-20)24-21(16-28)26(29)33-27(32-24)25(38)22-5-3-4-19(31-22)10-11-23(37)35-14-12-34(2)13-15-35/h3-9,25,38H,10-15H2,1-2H3,(H,30,36)(H2,29,32,33). The van der Waals surface area contributed by atoms with Crippen LogP contribution in [0, 0.1) is 11.3 Å². The van der Waals surface area contributed by atoms with E-state index in [0.717, 1.165) is 31.9 Å². The van der Waals surface area contributed by atoms with Gasteiger partial charge in [0, 0.05) is 56.5 Å². The molecule has 1 fully saturated rings. The second-order valence-electron chi connectivity index (χ2n) is 9.20. The first-order valence-electron chi connectivity index (χ1n) is 12.3. The summed E-state index contributed by atoms with van der Waals surface area (Å²) < 4.78 is 0. The summed E-state index contributed by atoms with van der Waals surface area (Å²) in [5.74, 6) is 0.306. The normalized spacial score (nSPS) is 14.5. The monoisotopic (exact) mass is 530 g/mol. The Morgan fingerprint density at radius 2 is 1.82 bits per heavy atom. The number of carbonyl (C=O) groups is 2. The van der Waals surface area contributed by atoms with Crippen LogP contribution in [0.2, 0.25) is 0 Å². The van der Waals surface area contributed by atoms with Crippen LogP contribution in [0.25, 0.3) is 11.3 Å². The Morgan fingerprint density at radius 3 is 2.47 bits per heavy atom. The number of aromatic nitrogens is 3. The van der Waals surface area contributed by atoms with Crippen LogP contribution in [0.3, 0.4) is 0 Å². The van der Waals surface area contributed by atoms with Gasteiger partial charge in [-0.2, -0.15) is 17.9 Å². The number of nitrogen functional groups attached to an aromatic ring is 1. The molecule has 3 N–H and O–H groups in total. The van der Waals surface area contributed by atoms with Gasteiger partial charge in [0.05, 0.1) is 11.4 Å². The van der Waals surface area contributed by atoms with E-state index in [0.29, 0.717) is 41.3 Å². The van der Waals surface area contributed by atoms with Crippen LogP contribution >= 0.6 is 12.6 Å². The third kappa shape index (κ3) is 6.45. The quantitative estimate of drug-likeness (QED) is 0.396. The molecule has 0 radical (unpaired) electrons. The van der Waals surface area contributed by atoms with Crippen molar-refractivity contribution in [2.24, 2.45) is 0 Å². The van der Waals surface area contributed by atoms with Gasteiger partial charge in [0.1, 0.15) is 28.5 Å². The van der Waals surface area contributed by atoms with Crippen molar-refractivity contribution >= 4 is 35.9 Å². The molecule has 0 aliphatic carbocycles. The molecule has 4 rings (SSSR count). The van der Waals surface area contributed by atoms with Gasteiger partial charge in [0.25, 0.3) is 0 Å². The van der Waals surface area contributed by atoms with Gasteiger partial charge in [-0.1, -0.05) is 18.2 Å². The third-order valence-corrected chi connectivity index (χ3v) is 6.84. The van der Waals surface area contributed by atoms with E-state index in [-0.39, 0.29) is 23.2 Å². The van der Waals surface area contributed by atoms with Crippen LogP contribution in [-0.2, 0) is 16.0 Å². The SMILES string of the molecule is CC(=O)Nc1ccc(-c2nc(C(S)c3cccc(CCC(=O)N4CCN(C)CC4)n3)nc(N)c2C#N)cc1. The number of benzene rings is 1. The summed E-state index contributed by atoms with van der Waals surface area (Å²) in [6.45, 7) is 4.70. The number of aryl methyl sites for hydroxylation is 1. The van der Waals surface area contributed by atoms with E-state index in [1.165, 1.54) is 6.92 Å². The lowest BCUT2D eigenvalue weighted by Gasteiger charge is -2.32. The highest BCUT2D eigenvalue weighted by atomic mass is 32.1. The average Bonchev–Trinajstić information content (AvgIpc) is 2.91.